The first-order chi connectivity index (χ1) is 10.5. The molecule has 0 saturated heterocycles. The van der Waals surface area contributed by atoms with Crippen molar-refractivity contribution < 1.29 is 18.4 Å². The minimum Gasteiger partial charge on any atom is -0.269 e. The number of anilines is 1. The Morgan fingerprint density at radius 1 is 1.00 bits per heavy atom. The van der Waals surface area contributed by atoms with Crippen LogP contribution in [0.25, 0.3) is 5.57 Å². The molecule has 110 valence electrons. The van der Waals surface area contributed by atoms with Crippen LogP contribution in [0.1, 0.15) is 5.56 Å². The molecule has 3 nitrogen and oxygen atoms in total. The van der Waals surface area contributed by atoms with Crippen molar-refractivity contribution in [2.75, 3.05) is 4.90 Å². The van der Waals surface area contributed by atoms with Crippen molar-refractivity contribution in [3.05, 3.63) is 70.8 Å². The van der Waals surface area contributed by atoms with Gasteiger partial charge in [-0.25, -0.2) is 13.7 Å². The Kier molecular flexibility index (Phi) is 3.50. The van der Waals surface area contributed by atoms with Gasteiger partial charge in [0.2, 0.25) is 0 Å². The predicted octanol–water partition coefficient (Wildman–Crippen LogP) is 3.58. The van der Waals surface area contributed by atoms with Crippen LogP contribution in [0.15, 0.2) is 48.5 Å². The van der Waals surface area contributed by atoms with Crippen molar-refractivity contribution in [2.45, 2.75) is 0 Å². The molecular weight excluding hydrogens is 312 g/mol. The van der Waals surface area contributed by atoms with Crippen LogP contribution in [0.5, 0.6) is 0 Å². The number of imide groups is 1. The number of carbonyl (C=O) groups excluding carboxylic acids is 2. The fraction of sp³-hybridized carbons (Fsp3) is 0. The predicted molar refractivity (Wildman–Crippen MR) is 78.3 cm³/mol. The summed E-state index contributed by atoms with van der Waals surface area (Å²) in [4.78, 5) is 25.3. The molecule has 1 aliphatic rings. The van der Waals surface area contributed by atoms with Gasteiger partial charge in [0.25, 0.3) is 11.8 Å². The first-order valence-corrected chi connectivity index (χ1v) is 6.66. The third-order valence-corrected chi connectivity index (χ3v) is 3.51. The Hall–Kier alpha value is -2.53. The molecule has 0 N–H and O–H groups in total. The van der Waals surface area contributed by atoms with Gasteiger partial charge in [-0.2, -0.15) is 0 Å². The number of rotatable bonds is 2. The lowest BCUT2D eigenvalue weighted by molar-refractivity contribution is -0.119. The summed E-state index contributed by atoms with van der Waals surface area (Å²) < 4.78 is 26.5. The lowest BCUT2D eigenvalue weighted by atomic mass is 10.1. The Balaban J connectivity index is 1.99. The van der Waals surface area contributed by atoms with Gasteiger partial charge in [-0.15, -0.1) is 0 Å². The van der Waals surface area contributed by atoms with Crippen LogP contribution >= 0.6 is 11.6 Å². The molecule has 0 radical (unpaired) electrons. The smallest absolute Gasteiger partial charge is 0.266 e. The highest BCUT2D eigenvalue weighted by Crippen LogP contribution is 2.30. The van der Waals surface area contributed by atoms with E-state index in [-0.39, 0.29) is 16.3 Å². The van der Waals surface area contributed by atoms with E-state index in [0.717, 1.165) is 23.1 Å². The van der Waals surface area contributed by atoms with Crippen LogP contribution in [-0.4, -0.2) is 11.8 Å². The lowest BCUT2D eigenvalue weighted by Crippen LogP contribution is -2.30. The summed E-state index contributed by atoms with van der Waals surface area (Å²) in [5.41, 5.74) is 0.531. The van der Waals surface area contributed by atoms with Crippen LogP contribution in [0.2, 0.25) is 5.02 Å². The molecule has 2 aromatic carbocycles. The van der Waals surface area contributed by atoms with Crippen LogP contribution < -0.4 is 4.90 Å². The highest BCUT2D eigenvalue weighted by Gasteiger charge is 2.33. The molecule has 0 unspecified atom stereocenters. The molecule has 0 bridgehead atoms. The SMILES string of the molecule is O=C1C=C(c2cccc(F)c2)C(=O)N1c1ccc(F)c(Cl)c1. The lowest BCUT2D eigenvalue weighted by Gasteiger charge is -2.15. The van der Waals surface area contributed by atoms with Gasteiger partial charge in [0.05, 0.1) is 16.3 Å². The van der Waals surface area contributed by atoms with E-state index < -0.39 is 23.4 Å². The molecular formula is C16H8ClF2NO2. The van der Waals surface area contributed by atoms with Crippen molar-refractivity contribution in [2.24, 2.45) is 0 Å². The number of carbonyl (C=O) groups is 2. The fourth-order valence-electron chi connectivity index (χ4n) is 2.20. The van der Waals surface area contributed by atoms with Gasteiger partial charge in [0.15, 0.2) is 0 Å². The minimum atomic E-state index is -0.650. The summed E-state index contributed by atoms with van der Waals surface area (Å²) in [6.07, 6.45) is 1.12. The summed E-state index contributed by atoms with van der Waals surface area (Å²) in [6, 6.07) is 8.91. The van der Waals surface area contributed by atoms with Gasteiger partial charge < -0.3 is 0 Å². The molecule has 0 aromatic heterocycles. The number of hydrogen-bond donors (Lipinski definition) is 0. The third-order valence-electron chi connectivity index (χ3n) is 3.22. The first kappa shape index (κ1) is 14.4. The topological polar surface area (TPSA) is 37.4 Å². The van der Waals surface area contributed by atoms with E-state index in [2.05, 4.69) is 0 Å². The second kappa shape index (κ2) is 5.35. The Morgan fingerprint density at radius 3 is 2.45 bits per heavy atom. The highest BCUT2D eigenvalue weighted by molar-refractivity contribution is 6.43. The number of benzene rings is 2. The monoisotopic (exact) mass is 319 g/mol. The number of halogens is 3. The molecule has 0 aliphatic carbocycles. The molecule has 0 spiro atoms. The summed E-state index contributed by atoms with van der Waals surface area (Å²) in [5, 5.41) is -0.197. The first-order valence-electron chi connectivity index (χ1n) is 6.28. The highest BCUT2D eigenvalue weighted by atomic mass is 35.5. The Morgan fingerprint density at radius 2 is 1.77 bits per heavy atom. The van der Waals surface area contributed by atoms with Crippen LogP contribution in [0.4, 0.5) is 14.5 Å². The third kappa shape index (κ3) is 2.40. The van der Waals surface area contributed by atoms with Crippen molar-refractivity contribution in [3.8, 4) is 0 Å². The standard InChI is InChI=1S/C16H8ClF2NO2/c17-13-7-11(4-5-14(13)19)20-15(21)8-12(16(20)22)9-2-1-3-10(18)6-9/h1-8H. The molecule has 1 aliphatic heterocycles. The molecule has 22 heavy (non-hydrogen) atoms. The van der Waals surface area contributed by atoms with Crippen molar-refractivity contribution in [3.63, 3.8) is 0 Å². The van der Waals surface area contributed by atoms with E-state index in [9.17, 15) is 18.4 Å². The molecule has 1 heterocycles. The summed E-state index contributed by atoms with van der Waals surface area (Å²) in [6.45, 7) is 0. The summed E-state index contributed by atoms with van der Waals surface area (Å²) >= 11 is 5.67. The summed E-state index contributed by atoms with van der Waals surface area (Å²) in [7, 11) is 0. The zero-order chi connectivity index (χ0) is 15.9. The largest absolute Gasteiger partial charge is 0.269 e. The van der Waals surface area contributed by atoms with Crippen LogP contribution in [0.3, 0.4) is 0 Å². The fourth-order valence-corrected chi connectivity index (χ4v) is 2.38. The van der Waals surface area contributed by atoms with Gasteiger partial charge in [-0.05, 0) is 35.9 Å². The van der Waals surface area contributed by atoms with Gasteiger partial charge in [-0.3, -0.25) is 9.59 Å². The van der Waals surface area contributed by atoms with Gasteiger partial charge >= 0.3 is 0 Å². The van der Waals surface area contributed by atoms with Crippen molar-refractivity contribution >= 4 is 34.7 Å². The van der Waals surface area contributed by atoms with Crippen molar-refractivity contribution in [1.29, 1.82) is 0 Å². The van der Waals surface area contributed by atoms with E-state index in [1.54, 1.807) is 0 Å². The quantitative estimate of drug-likeness (QED) is 0.794. The Labute approximate surface area is 129 Å². The van der Waals surface area contributed by atoms with E-state index in [0.29, 0.717) is 5.56 Å². The molecule has 0 atom stereocenters. The van der Waals surface area contributed by atoms with Gasteiger partial charge in [0, 0.05) is 6.08 Å². The maximum Gasteiger partial charge on any atom is 0.266 e. The van der Waals surface area contributed by atoms with Crippen LogP contribution in [0, 0.1) is 11.6 Å². The number of nitrogens with zero attached hydrogens (tertiary/aromatic N) is 1. The maximum absolute atomic E-state index is 13.3. The normalized spacial score (nSPS) is 14.5. The van der Waals surface area contributed by atoms with E-state index in [4.69, 9.17) is 11.6 Å². The Bertz CT molecular complexity index is 833. The molecule has 0 fully saturated rings. The van der Waals surface area contributed by atoms with Crippen LogP contribution in [-0.2, 0) is 9.59 Å². The average Bonchev–Trinajstić information content (AvgIpc) is 2.77. The number of hydrogen-bond acceptors (Lipinski definition) is 2. The van der Waals surface area contributed by atoms with E-state index in [1.165, 1.54) is 30.3 Å². The molecule has 6 heteroatoms. The van der Waals surface area contributed by atoms with E-state index in [1.807, 2.05) is 0 Å². The molecule has 3 rings (SSSR count). The summed E-state index contributed by atoms with van der Waals surface area (Å²) in [5.74, 6) is -2.37. The molecule has 2 aromatic rings. The van der Waals surface area contributed by atoms with Gasteiger partial charge in [-0.1, -0.05) is 23.7 Å². The average molecular weight is 320 g/mol. The molecule has 0 saturated carbocycles. The zero-order valence-electron chi connectivity index (χ0n) is 11.0. The van der Waals surface area contributed by atoms with Crippen molar-refractivity contribution in [1.82, 2.24) is 0 Å². The van der Waals surface area contributed by atoms with Gasteiger partial charge in [0.1, 0.15) is 11.6 Å². The zero-order valence-corrected chi connectivity index (χ0v) is 11.8. The minimum absolute atomic E-state index is 0.0740. The maximum atomic E-state index is 13.3. The molecule has 2 amide bonds. The second-order valence-electron chi connectivity index (χ2n) is 4.65. The number of amides is 2. The second-order valence-corrected chi connectivity index (χ2v) is 5.05. The van der Waals surface area contributed by atoms with E-state index >= 15 is 0 Å².